The minimum absolute atomic E-state index is 0. The summed E-state index contributed by atoms with van der Waals surface area (Å²) >= 11 is 0. The highest BCUT2D eigenvalue weighted by Gasteiger charge is 2.20. The lowest BCUT2D eigenvalue weighted by Gasteiger charge is -2.33. The third-order valence-corrected chi connectivity index (χ3v) is 5.29. The lowest BCUT2D eigenvalue weighted by molar-refractivity contribution is 0.196. The maximum atomic E-state index is 6.03. The van der Waals surface area contributed by atoms with Crippen LogP contribution >= 0.6 is 24.0 Å². The van der Waals surface area contributed by atoms with E-state index in [0.717, 1.165) is 62.2 Å². The number of aliphatic imine (C=N–C) groups is 1. The zero-order chi connectivity index (χ0) is 21.9. The van der Waals surface area contributed by atoms with Gasteiger partial charge in [-0.3, -0.25) is 9.88 Å². The number of piperidine rings is 1. The largest absolute Gasteiger partial charge is 0.493 e. The van der Waals surface area contributed by atoms with Crippen LogP contribution in [0.3, 0.4) is 0 Å². The molecule has 3 rings (SSSR count). The minimum Gasteiger partial charge on any atom is -0.493 e. The normalized spacial score (nSPS) is 16.0. The summed E-state index contributed by atoms with van der Waals surface area (Å²) in [7, 11) is 1.65. The summed E-state index contributed by atoms with van der Waals surface area (Å²) in [6.07, 6.45) is 3.98. The Morgan fingerprint density at radius 1 is 1.16 bits per heavy atom. The van der Waals surface area contributed by atoms with Crippen LogP contribution in [0.25, 0.3) is 0 Å². The van der Waals surface area contributed by atoms with E-state index >= 15 is 0 Å². The van der Waals surface area contributed by atoms with Crippen molar-refractivity contribution in [3.8, 4) is 11.5 Å². The van der Waals surface area contributed by atoms with Gasteiger partial charge in [-0.2, -0.15) is 0 Å². The molecule has 0 saturated carbocycles. The molecule has 1 unspecified atom stereocenters. The molecule has 1 aliphatic rings. The second kappa shape index (κ2) is 14.2. The Bertz CT molecular complexity index is 813. The Kier molecular flexibility index (Phi) is 11.6. The smallest absolute Gasteiger partial charge is 0.191 e. The fourth-order valence-electron chi connectivity index (χ4n) is 3.66. The monoisotopic (exact) mass is 553 g/mol. The highest BCUT2D eigenvalue weighted by Crippen LogP contribution is 2.26. The molecular formula is C24H36IN5O2. The van der Waals surface area contributed by atoms with Gasteiger partial charge < -0.3 is 20.1 Å². The van der Waals surface area contributed by atoms with Gasteiger partial charge in [0.15, 0.2) is 17.5 Å². The topological polar surface area (TPSA) is 71.0 Å². The van der Waals surface area contributed by atoms with Crippen LogP contribution in [0.2, 0.25) is 0 Å². The van der Waals surface area contributed by atoms with Crippen LogP contribution in [0.5, 0.6) is 11.5 Å². The van der Waals surface area contributed by atoms with Crippen LogP contribution in [-0.4, -0.2) is 61.3 Å². The van der Waals surface area contributed by atoms with Crippen molar-refractivity contribution in [3.05, 3.63) is 54.4 Å². The van der Waals surface area contributed by atoms with Gasteiger partial charge >= 0.3 is 0 Å². The molecule has 2 heterocycles. The molecule has 32 heavy (non-hydrogen) atoms. The van der Waals surface area contributed by atoms with E-state index in [2.05, 4.69) is 33.5 Å². The van der Waals surface area contributed by atoms with E-state index in [1.807, 2.05) is 49.5 Å². The van der Waals surface area contributed by atoms with Crippen molar-refractivity contribution in [2.75, 3.05) is 33.3 Å². The molecule has 1 fully saturated rings. The van der Waals surface area contributed by atoms with Crippen molar-refractivity contribution in [2.24, 2.45) is 4.99 Å². The van der Waals surface area contributed by atoms with Gasteiger partial charge in [-0.1, -0.05) is 18.2 Å². The van der Waals surface area contributed by atoms with E-state index in [-0.39, 0.29) is 30.1 Å². The van der Waals surface area contributed by atoms with E-state index in [1.54, 1.807) is 7.11 Å². The zero-order valence-electron chi connectivity index (χ0n) is 19.3. The number of methoxy groups -OCH3 is 1. The number of guanidine groups is 1. The second-order valence-corrected chi connectivity index (χ2v) is 7.81. The van der Waals surface area contributed by atoms with Crippen LogP contribution in [0.15, 0.2) is 53.7 Å². The number of hydrogen-bond acceptors (Lipinski definition) is 5. The van der Waals surface area contributed by atoms with Gasteiger partial charge in [0, 0.05) is 38.4 Å². The first-order valence-corrected chi connectivity index (χ1v) is 11.1. The summed E-state index contributed by atoms with van der Waals surface area (Å²) in [6, 6.07) is 14.2. The predicted octanol–water partition coefficient (Wildman–Crippen LogP) is 3.70. The summed E-state index contributed by atoms with van der Waals surface area (Å²) in [5.41, 5.74) is 1.13. The number of aromatic nitrogens is 1. The third kappa shape index (κ3) is 8.46. The van der Waals surface area contributed by atoms with Crippen molar-refractivity contribution in [2.45, 2.75) is 45.4 Å². The maximum absolute atomic E-state index is 6.03. The molecule has 8 heteroatoms. The van der Waals surface area contributed by atoms with Gasteiger partial charge in [0.25, 0.3) is 0 Å². The molecular weight excluding hydrogens is 517 g/mol. The Balaban J connectivity index is 0.00000363. The number of nitrogens with zero attached hydrogens (tertiary/aromatic N) is 3. The Morgan fingerprint density at radius 2 is 1.88 bits per heavy atom. The number of benzene rings is 1. The average Bonchev–Trinajstić information content (AvgIpc) is 2.80. The first kappa shape index (κ1) is 26.2. The number of hydrogen-bond donors (Lipinski definition) is 2. The zero-order valence-corrected chi connectivity index (χ0v) is 21.6. The van der Waals surface area contributed by atoms with Gasteiger partial charge in [-0.05, 0) is 51.0 Å². The lowest BCUT2D eigenvalue weighted by atomic mass is 10.0. The van der Waals surface area contributed by atoms with Gasteiger partial charge in [0.2, 0.25) is 0 Å². The van der Waals surface area contributed by atoms with Crippen LogP contribution in [0, 0.1) is 0 Å². The molecule has 176 valence electrons. The lowest BCUT2D eigenvalue weighted by Crippen LogP contribution is -2.48. The summed E-state index contributed by atoms with van der Waals surface area (Å²) < 4.78 is 11.4. The Hall–Kier alpha value is -2.07. The van der Waals surface area contributed by atoms with Gasteiger partial charge in [0.05, 0.1) is 19.3 Å². The summed E-state index contributed by atoms with van der Waals surface area (Å²) in [5.74, 6) is 2.33. The molecule has 2 N–H and O–H groups in total. The maximum Gasteiger partial charge on any atom is 0.191 e. The number of rotatable bonds is 9. The summed E-state index contributed by atoms with van der Waals surface area (Å²) in [6.45, 7) is 8.52. The third-order valence-electron chi connectivity index (χ3n) is 5.29. The van der Waals surface area contributed by atoms with Crippen LogP contribution < -0.4 is 20.1 Å². The van der Waals surface area contributed by atoms with Crippen LogP contribution in [-0.2, 0) is 6.54 Å². The average molecular weight is 553 g/mol. The summed E-state index contributed by atoms with van der Waals surface area (Å²) in [5, 5.41) is 6.96. The molecule has 0 radical (unpaired) electrons. The van der Waals surface area contributed by atoms with E-state index in [9.17, 15) is 0 Å². The number of nitrogens with one attached hydrogen (secondary N) is 2. The van der Waals surface area contributed by atoms with Crippen molar-refractivity contribution in [1.82, 2.24) is 20.5 Å². The number of pyridine rings is 1. The van der Waals surface area contributed by atoms with Gasteiger partial charge in [-0.15, -0.1) is 24.0 Å². The van der Waals surface area contributed by atoms with Crippen molar-refractivity contribution in [3.63, 3.8) is 0 Å². The highest BCUT2D eigenvalue weighted by atomic mass is 127. The van der Waals surface area contributed by atoms with Crippen LogP contribution in [0.4, 0.5) is 0 Å². The predicted molar refractivity (Wildman–Crippen MR) is 140 cm³/mol. The van der Waals surface area contributed by atoms with E-state index < -0.39 is 0 Å². The number of halogens is 1. The molecule has 1 aromatic carbocycles. The molecule has 1 saturated heterocycles. The van der Waals surface area contributed by atoms with Gasteiger partial charge in [-0.25, -0.2) is 4.99 Å². The molecule has 0 amide bonds. The molecule has 0 bridgehead atoms. The molecule has 0 aliphatic carbocycles. The standard InChI is InChI=1S/C24H35N5O2.HI/c1-4-25-24(27-17-19(2)31-23-11-6-5-10-22(23)30-3)28-20-12-15-29(16-13-20)18-21-9-7-8-14-26-21;/h5-11,14,19-20H,4,12-13,15-18H2,1-3H3,(H2,25,27,28);1H. The summed E-state index contributed by atoms with van der Waals surface area (Å²) in [4.78, 5) is 11.7. The number of para-hydroxylation sites is 2. The van der Waals surface area contributed by atoms with Crippen molar-refractivity contribution in [1.29, 1.82) is 0 Å². The van der Waals surface area contributed by atoms with Crippen LogP contribution in [0.1, 0.15) is 32.4 Å². The number of likely N-dealkylation sites (tertiary alicyclic amines) is 1. The highest BCUT2D eigenvalue weighted by molar-refractivity contribution is 14.0. The molecule has 1 aromatic heterocycles. The van der Waals surface area contributed by atoms with Gasteiger partial charge in [0.1, 0.15) is 6.10 Å². The molecule has 7 nitrogen and oxygen atoms in total. The van der Waals surface area contributed by atoms with E-state index in [4.69, 9.17) is 14.5 Å². The Labute approximate surface area is 209 Å². The van der Waals surface area contributed by atoms with E-state index in [0.29, 0.717) is 12.6 Å². The fourth-order valence-corrected chi connectivity index (χ4v) is 3.66. The molecule has 1 atom stereocenters. The number of ether oxygens (including phenoxy) is 2. The first-order chi connectivity index (χ1) is 15.2. The van der Waals surface area contributed by atoms with Crippen molar-refractivity contribution >= 4 is 29.9 Å². The van der Waals surface area contributed by atoms with Crippen molar-refractivity contribution < 1.29 is 9.47 Å². The second-order valence-electron chi connectivity index (χ2n) is 7.81. The fraction of sp³-hybridized carbons (Fsp3) is 0.500. The molecule has 1 aliphatic heterocycles. The minimum atomic E-state index is -0.0630. The van der Waals surface area contributed by atoms with E-state index in [1.165, 1.54) is 0 Å². The SMILES string of the molecule is CCNC(=NCC(C)Oc1ccccc1OC)NC1CCN(Cc2ccccn2)CC1.I. The quantitative estimate of drug-likeness (QED) is 0.281. The molecule has 0 spiro atoms. The Morgan fingerprint density at radius 3 is 2.53 bits per heavy atom. The first-order valence-electron chi connectivity index (χ1n) is 11.1. The molecule has 2 aromatic rings.